The van der Waals surface area contributed by atoms with Crippen molar-refractivity contribution < 1.29 is 14.6 Å². The molecule has 6 nitrogen and oxygen atoms in total. The van der Waals surface area contributed by atoms with Gasteiger partial charge in [-0.2, -0.15) is 0 Å². The van der Waals surface area contributed by atoms with Gasteiger partial charge in [0, 0.05) is 26.2 Å². The van der Waals surface area contributed by atoms with Crippen LogP contribution >= 0.6 is 0 Å². The Morgan fingerprint density at radius 2 is 2.37 bits per heavy atom. The van der Waals surface area contributed by atoms with Crippen LogP contribution in [0, 0.1) is 6.92 Å². The van der Waals surface area contributed by atoms with Crippen LogP contribution in [0.4, 0.5) is 5.69 Å². The Balaban J connectivity index is 2.22. The molecule has 0 amide bonds. The van der Waals surface area contributed by atoms with Crippen LogP contribution in [-0.4, -0.2) is 48.4 Å². The Kier molecular flexibility index (Phi) is 4.01. The maximum Gasteiger partial charge on any atom is 0.337 e. The molecule has 0 bridgehead atoms. The third-order valence-corrected chi connectivity index (χ3v) is 3.58. The van der Waals surface area contributed by atoms with Crippen molar-refractivity contribution in [1.29, 1.82) is 0 Å². The molecule has 3 N–H and O–H groups in total. The van der Waals surface area contributed by atoms with Gasteiger partial charge in [-0.15, -0.1) is 0 Å². The van der Waals surface area contributed by atoms with Crippen molar-refractivity contribution in [2.24, 2.45) is 5.73 Å². The second-order valence-corrected chi connectivity index (χ2v) is 4.80. The number of carbonyl (C=O) groups is 1. The molecule has 6 heteroatoms. The summed E-state index contributed by atoms with van der Waals surface area (Å²) in [5.74, 6) is -0.955. The summed E-state index contributed by atoms with van der Waals surface area (Å²) in [6.07, 6.45) is 2.48. The predicted octanol–water partition coefficient (Wildman–Crippen LogP) is 0.641. The lowest BCUT2D eigenvalue weighted by molar-refractivity contribution is 0.0695. The van der Waals surface area contributed by atoms with Crippen molar-refractivity contribution in [2.45, 2.75) is 25.5 Å². The van der Waals surface area contributed by atoms with Gasteiger partial charge in [-0.1, -0.05) is 0 Å². The number of aromatic carboxylic acids is 1. The zero-order valence-corrected chi connectivity index (χ0v) is 11.2. The maximum atomic E-state index is 11.1. The number of hydrogen-bond acceptors (Lipinski definition) is 5. The van der Waals surface area contributed by atoms with Crippen LogP contribution in [-0.2, 0) is 4.74 Å². The molecular weight excluding hydrogens is 246 g/mol. The number of carboxylic acids is 1. The topological polar surface area (TPSA) is 88.7 Å². The minimum atomic E-state index is -0.955. The molecule has 0 aromatic carbocycles. The molecule has 0 unspecified atom stereocenters. The Morgan fingerprint density at radius 3 is 3.00 bits per heavy atom. The van der Waals surface area contributed by atoms with Gasteiger partial charge in [-0.25, -0.2) is 4.79 Å². The monoisotopic (exact) mass is 265 g/mol. The molecule has 0 saturated carbocycles. The third-order valence-electron chi connectivity index (χ3n) is 3.58. The molecule has 19 heavy (non-hydrogen) atoms. The van der Waals surface area contributed by atoms with E-state index in [0.29, 0.717) is 12.2 Å². The van der Waals surface area contributed by atoms with Crippen molar-refractivity contribution in [1.82, 2.24) is 4.98 Å². The Labute approximate surface area is 112 Å². The van der Waals surface area contributed by atoms with Crippen molar-refractivity contribution in [2.75, 3.05) is 25.1 Å². The standard InChI is InChI=1S/C13H19N3O3/c1-8-10(13(17)18)5-9(6-15-8)16-4-3-11(14)12(7-16)19-2/h5-6,11-12H,3-4,7,14H2,1-2H3,(H,17,18)/t11-,12+/m0/s1. The number of hydrogen-bond donors (Lipinski definition) is 2. The number of carboxylic acid groups (broad SMARTS) is 1. The summed E-state index contributed by atoms with van der Waals surface area (Å²) in [6, 6.07) is 1.69. The van der Waals surface area contributed by atoms with Gasteiger partial charge in [-0.05, 0) is 19.4 Å². The molecule has 0 aliphatic carbocycles. The van der Waals surface area contributed by atoms with Gasteiger partial charge < -0.3 is 20.5 Å². The van der Waals surface area contributed by atoms with Crippen LogP contribution < -0.4 is 10.6 Å². The third kappa shape index (κ3) is 2.85. The van der Waals surface area contributed by atoms with E-state index in [9.17, 15) is 4.79 Å². The first-order valence-electron chi connectivity index (χ1n) is 6.26. The van der Waals surface area contributed by atoms with E-state index in [2.05, 4.69) is 9.88 Å². The molecule has 0 spiro atoms. The first kappa shape index (κ1) is 13.8. The average Bonchev–Trinajstić information content (AvgIpc) is 2.39. The van der Waals surface area contributed by atoms with E-state index in [-0.39, 0.29) is 17.7 Å². The number of methoxy groups -OCH3 is 1. The van der Waals surface area contributed by atoms with Crippen LogP contribution in [0.2, 0.25) is 0 Å². The lowest BCUT2D eigenvalue weighted by Crippen LogP contribution is -2.51. The zero-order chi connectivity index (χ0) is 14.0. The molecule has 104 valence electrons. The first-order chi connectivity index (χ1) is 9.02. The highest BCUT2D eigenvalue weighted by molar-refractivity contribution is 5.89. The molecule has 1 saturated heterocycles. The fraction of sp³-hybridized carbons (Fsp3) is 0.538. The molecule has 1 fully saturated rings. The Morgan fingerprint density at radius 1 is 1.63 bits per heavy atom. The molecular formula is C13H19N3O3. The SMILES string of the molecule is CO[C@@H]1CN(c2cnc(C)c(C(=O)O)c2)CC[C@@H]1N. The normalized spacial score (nSPS) is 23.4. The number of nitrogens with zero attached hydrogens (tertiary/aromatic N) is 2. The lowest BCUT2D eigenvalue weighted by Gasteiger charge is -2.37. The van der Waals surface area contributed by atoms with Crippen molar-refractivity contribution in [3.05, 3.63) is 23.5 Å². The second-order valence-electron chi connectivity index (χ2n) is 4.80. The highest BCUT2D eigenvalue weighted by Gasteiger charge is 2.27. The largest absolute Gasteiger partial charge is 0.478 e. The van der Waals surface area contributed by atoms with Crippen LogP contribution in [0.15, 0.2) is 12.3 Å². The summed E-state index contributed by atoms with van der Waals surface area (Å²) in [5.41, 5.74) is 7.53. The van der Waals surface area contributed by atoms with E-state index < -0.39 is 5.97 Å². The maximum absolute atomic E-state index is 11.1. The summed E-state index contributed by atoms with van der Waals surface area (Å²) in [5, 5.41) is 9.13. The van der Waals surface area contributed by atoms with Crippen LogP contribution in [0.25, 0.3) is 0 Å². The molecule has 1 aromatic rings. The number of piperidine rings is 1. The quantitative estimate of drug-likeness (QED) is 0.833. The molecule has 1 aliphatic rings. The number of aromatic nitrogens is 1. The zero-order valence-electron chi connectivity index (χ0n) is 11.2. The number of rotatable bonds is 3. The molecule has 2 atom stereocenters. The molecule has 2 heterocycles. The fourth-order valence-corrected chi connectivity index (χ4v) is 2.33. The minimum Gasteiger partial charge on any atom is -0.478 e. The van der Waals surface area contributed by atoms with Crippen molar-refractivity contribution in [3.8, 4) is 0 Å². The Bertz CT molecular complexity index is 478. The van der Waals surface area contributed by atoms with Gasteiger partial charge in [0.05, 0.1) is 29.2 Å². The van der Waals surface area contributed by atoms with Crippen LogP contribution in [0.3, 0.4) is 0 Å². The second kappa shape index (κ2) is 5.54. The number of anilines is 1. The highest BCUT2D eigenvalue weighted by atomic mass is 16.5. The lowest BCUT2D eigenvalue weighted by atomic mass is 10.0. The average molecular weight is 265 g/mol. The summed E-state index contributed by atoms with van der Waals surface area (Å²) in [7, 11) is 1.64. The van der Waals surface area contributed by atoms with Crippen molar-refractivity contribution >= 4 is 11.7 Å². The highest BCUT2D eigenvalue weighted by Crippen LogP contribution is 2.22. The van der Waals surface area contributed by atoms with Gasteiger partial charge >= 0.3 is 5.97 Å². The van der Waals surface area contributed by atoms with E-state index in [1.54, 1.807) is 26.3 Å². The fourth-order valence-electron chi connectivity index (χ4n) is 2.33. The van der Waals surface area contributed by atoms with Gasteiger partial charge in [0.15, 0.2) is 0 Å². The van der Waals surface area contributed by atoms with E-state index in [1.807, 2.05) is 0 Å². The van der Waals surface area contributed by atoms with E-state index in [1.165, 1.54) is 0 Å². The van der Waals surface area contributed by atoms with Gasteiger partial charge in [0.2, 0.25) is 0 Å². The molecule has 1 aliphatic heterocycles. The molecule has 1 aromatic heterocycles. The van der Waals surface area contributed by atoms with Crippen LogP contribution in [0.5, 0.6) is 0 Å². The van der Waals surface area contributed by atoms with E-state index in [4.69, 9.17) is 15.6 Å². The predicted molar refractivity (Wildman–Crippen MR) is 71.5 cm³/mol. The summed E-state index contributed by atoms with van der Waals surface area (Å²) >= 11 is 0. The summed E-state index contributed by atoms with van der Waals surface area (Å²) in [4.78, 5) is 17.3. The summed E-state index contributed by atoms with van der Waals surface area (Å²) in [6.45, 7) is 3.13. The van der Waals surface area contributed by atoms with Crippen LogP contribution in [0.1, 0.15) is 22.5 Å². The summed E-state index contributed by atoms with van der Waals surface area (Å²) < 4.78 is 5.35. The smallest absolute Gasteiger partial charge is 0.337 e. The number of nitrogens with two attached hydrogens (primary N) is 1. The first-order valence-corrected chi connectivity index (χ1v) is 6.26. The van der Waals surface area contributed by atoms with E-state index in [0.717, 1.165) is 18.7 Å². The number of aryl methyl sites for hydroxylation is 1. The number of pyridine rings is 1. The number of ether oxygens (including phenoxy) is 1. The van der Waals surface area contributed by atoms with Crippen molar-refractivity contribution in [3.63, 3.8) is 0 Å². The Hall–Kier alpha value is -1.66. The van der Waals surface area contributed by atoms with Gasteiger partial charge in [0.25, 0.3) is 0 Å². The minimum absolute atomic E-state index is 0.0265. The van der Waals surface area contributed by atoms with E-state index >= 15 is 0 Å². The molecule has 0 radical (unpaired) electrons. The van der Waals surface area contributed by atoms with Gasteiger partial charge in [-0.3, -0.25) is 4.98 Å². The van der Waals surface area contributed by atoms with Gasteiger partial charge in [0.1, 0.15) is 0 Å². The molecule has 2 rings (SSSR count).